The van der Waals surface area contributed by atoms with Gasteiger partial charge in [-0.25, -0.2) is 4.79 Å². The largest absolute Gasteiger partial charge is 0.490 e. The average molecular weight is 545 g/mol. The number of carbonyl (C=O) groups excluding carboxylic acids is 2. The SMILES string of the molecule is CCOc1cc(/C=C/C(=O)Nc2ccc(C(=O)OC)cc2)cc(Br)c1OCc1ccccc1Cl. The molecule has 0 aliphatic heterocycles. The second-order valence-electron chi connectivity index (χ2n) is 7.03. The standard InChI is InChI=1S/C26H23BrClNO5/c1-3-33-23-15-17(14-21(27)25(23)34-16-19-6-4-5-7-22(19)28)8-13-24(30)29-20-11-9-18(10-12-20)26(31)32-2/h4-15H,3,16H2,1-2H3,(H,29,30)/b13-8+. The molecule has 3 aromatic rings. The number of nitrogens with one attached hydrogen (secondary N) is 1. The summed E-state index contributed by atoms with van der Waals surface area (Å²) < 4.78 is 17.1. The number of esters is 1. The molecular weight excluding hydrogens is 522 g/mol. The molecule has 0 unspecified atom stereocenters. The monoisotopic (exact) mass is 543 g/mol. The molecule has 0 radical (unpaired) electrons. The third-order valence-electron chi connectivity index (χ3n) is 4.66. The van der Waals surface area contributed by atoms with E-state index >= 15 is 0 Å². The number of halogens is 2. The number of amides is 1. The van der Waals surface area contributed by atoms with Crippen LogP contribution in [-0.4, -0.2) is 25.6 Å². The van der Waals surface area contributed by atoms with E-state index < -0.39 is 5.97 Å². The van der Waals surface area contributed by atoms with Crippen LogP contribution in [0.5, 0.6) is 11.5 Å². The Morgan fingerprint density at radius 2 is 1.79 bits per heavy atom. The first-order valence-electron chi connectivity index (χ1n) is 10.4. The lowest BCUT2D eigenvalue weighted by molar-refractivity contribution is -0.111. The van der Waals surface area contributed by atoms with E-state index in [1.807, 2.05) is 37.3 Å². The highest BCUT2D eigenvalue weighted by Crippen LogP contribution is 2.38. The van der Waals surface area contributed by atoms with Gasteiger partial charge in [-0.2, -0.15) is 0 Å². The van der Waals surface area contributed by atoms with Gasteiger partial charge in [0.05, 0.1) is 23.8 Å². The molecule has 0 atom stereocenters. The van der Waals surface area contributed by atoms with Gasteiger partial charge in [0.25, 0.3) is 0 Å². The second-order valence-corrected chi connectivity index (χ2v) is 8.30. The van der Waals surface area contributed by atoms with E-state index in [0.29, 0.717) is 38.9 Å². The molecule has 6 nitrogen and oxygen atoms in total. The summed E-state index contributed by atoms with van der Waals surface area (Å²) in [5.74, 6) is 0.336. The first-order chi connectivity index (χ1) is 16.4. The molecule has 34 heavy (non-hydrogen) atoms. The van der Waals surface area contributed by atoms with Gasteiger partial charge in [0.15, 0.2) is 11.5 Å². The summed E-state index contributed by atoms with van der Waals surface area (Å²) in [5.41, 5.74) is 2.57. The topological polar surface area (TPSA) is 73.9 Å². The van der Waals surface area contributed by atoms with Crippen molar-refractivity contribution in [1.29, 1.82) is 0 Å². The quantitative estimate of drug-likeness (QED) is 0.245. The molecule has 0 spiro atoms. The highest BCUT2D eigenvalue weighted by molar-refractivity contribution is 9.10. The Morgan fingerprint density at radius 1 is 1.06 bits per heavy atom. The molecule has 0 bridgehead atoms. The summed E-state index contributed by atoms with van der Waals surface area (Å²) >= 11 is 9.76. The van der Waals surface area contributed by atoms with Crippen LogP contribution >= 0.6 is 27.5 Å². The van der Waals surface area contributed by atoms with Crippen molar-refractivity contribution in [1.82, 2.24) is 0 Å². The Balaban J connectivity index is 1.70. The fourth-order valence-electron chi connectivity index (χ4n) is 3.02. The van der Waals surface area contributed by atoms with Crippen LogP contribution in [0.4, 0.5) is 5.69 Å². The van der Waals surface area contributed by atoms with Gasteiger partial charge >= 0.3 is 5.97 Å². The smallest absolute Gasteiger partial charge is 0.337 e. The van der Waals surface area contributed by atoms with Gasteiger partial charge in [-0.15, -0.1) is 0 Å². The maximum absolute atomic E-state index is 12.3. The zero-order valence-electron chi connectivity index (χ0n) is 18.6. The Hall–Kier alpha value is -3.29. The minimum atomic E-state index is -0.437. The number of hydrogen-bond acceptors (Lipinski definition) is 5. The molecule has 1 N–H and O–H groups in total. The van der Waals surface area contributed by atoms with Crippen LogP contribution in [0.15, 0.2) is 71.2 Å². The zero-order valence-corrected chi connectivity index (χ0v) is 21.0. The van der Waals surface area contributed by atoms with Crippen molar-refractivity contribution in [3.05, 3.63) is 92.9 Å². The van der Waals surface area contributed by atoms with Crippen LogP contribution in [0.25, 0.3) is 6.08 Å². The molecule has 0 aromatic heterocycles. The third-order valence-corrected chi connectivity index (χ3v) is 5.62. The lowest BCUT2D eigenvalue weighted by Gasteiger charge is -2.15. The lowest BCUT2D eigenvalue weighted by atomic mass is 10.1. The number of methoxy groups -OCH3 is 1. The van der Waals surface area contributed by atoms with Crippen molar-refractivity contribution in [2.75, 3.05) is 19.0 Å². The van der Waals surface area contributed by atoms with E-state index in [0.717, 1.165) is 11.1 Å². The van der Waals surface area contributed by atoms with E-state index in [1.54, 1.807) is 36.4 Å². The maximum atomic E-state index is 12.3. The predicted octanol–water partition coefficient (Wildman–Crippen LogP) is 6.52. The molecule has 3 rings (SSSR count). The predicted molar refractivity (Wildman–Crippen MR) is 137 cm³/mol. The van der Waals surface area contributed by atoms with Gasteiger partial charge in [-0.05, 0) is 77.0 Å². The molecule has 0 heterocycles. The minimum Gasteiger partial charge on any atom is -0.490 e. The highest BCUT2D eigenvalue weighted by Gasteiger charge is 2.13. The summed E-state index contributed by atoms with van der Waals surface area (Å²) in [5, 5.41) is 3.37. The molecule has 8 heteroatoms. The lowest BCUT2D eigenvalue weighted by Crippen LogP contribution is -2.08. The molecule has 0 fully saturated rings. The van der Waals surface area contributed by atoms with Gasteiger partial charge in [0.1, 0.15) is 6.61 Å². The van der Waals surface area contributed by atoms with Crippen LogP contribution < -0.4 is 14.8 Å². The summed E-state index contributed by atoms with van der Waals surface area (Å²) in [4.78, 5) is 23.9. The van der Waals surface area contributed by atoms with Crippen LogP contribution in [0.2, 0.25) is 5.02 Å². The molecule has 3 aromatic carbocycles. The van der Waals surface area contributed by atoms with Crippen molar-refractivity contribution in [2.45, 2.75) is 13.5 Å². The summed E-state index contributed by atoms with van der Waals surface area (Å²) in [6.07, 6.45) is 3.08. The van der Waals surface area contributed by atoms with Crippen molar-refractivity contribution in [3.63, 3.8) is 0 Å². The van der Waals surface area contributed by atoms with Gasteiger partial charge in [-0.1, -0.05) is 29.8 Å². The van der Waals surface area contributed by atoms with E-state index in [4.69, 9.17) is 21.1 Å². The van der Waals surface area contributed by atoms with E-state index in [-0.39, 0.29) is 12.5 Å². The fourth-order valence-corrected chi connectivity index (χ4v) is 3.78. The highest BCUT2D eigenvalue weighted by atomic mass is 79.9. The van der Waals surface area contributed by atoms with Crippen LogP contribution in [-0.2, 0) is 16.1 Å². The molecule has 0 aliphatic rings. The van der Waals surface area contributed by atoms with Crippen molar-refractivity contribution in [3.8, 4) is 11.5 Å². The first-order valence-corrected chi connectivity index (χ1v) is 11.6. The van der Waals surface area contributed by atoms with Gasteiger partial charge < -0.3 is 19.5 Å². The summed E-state index contributed by atoms with van der Waals surface area (Å²) in [6, 6.07) is 17.5. The molecule has 1 amide bonds. The van der Waals surface area contributed by atoms with E-state index in [9.17, 15) is 9.59 Å². The minimum absolute atomic E-state index is 0.282. The number of rotatable bonds is 9. The molecule has 0 saturated heterocycles. The number of benzene rings is 3. The number of ether oxygens (including phenoxy) is 3. The molecular formula is C26H23BrClNO5. The number of hydrogen-bond donors (Lipinski definition) is 1. The average Bonchev–Trinajstić information content (AvgIpc) is 2.83. The van der Waals surface area contributed by atoms with Crippen molar-refractivity contribution >= 4 is 51.2 Å². The van der Waals surface area contributed by atoms with Crippen LogP contribution in [0, 0.1) is 0 Å². The van der Waals surface area contributed by atoms with Crippen molar-refractivity contribution < 1.29 is 23.8 Å². The molecule has 176 valence electrons. The van der Waals surface area contributed by atoms with Gasteiger partial charge in [0.2, 0.25) is 5.91 Å². The summed E-state index contributed by atoms with van der Waals surface area (Å²) in [7, 11) is 1.32. The molecule has 0 saturated carbocycles. The van der Waals surface area contributed by atoms with Crippen LogP contribution in [0.1, 0.15) is 28.4 Å². The van der Waals surface area contributed by atoms with Crippen LogP contribution in [0.3, 0.4) is 0 Å². The van der Waals surface area contributed by atoms with Crippen molar-refractivity contribution in [2.24, 2.45) is 0 Å². The number of carbonyl (C=O) groups is 2. The normalized spacial score (nSPS) is 10.7. The summed E-state index contributed by atoms with van der Waals surface area (Å²) in [6.45, 7) is 2.61. The maximum Gasteiger partial charge on any atom is 0.337 e. The second kappa shape index (κ2) is 12.3. The third kappa shape index (κ3) is 6.85. The molecule has 0 aliphatic carbocycles. The Kier molecular flexibility index (Phi) is 9.13. The van der Waals surface area contributed by atoms with Gasteiger partial charge in [0, 0.05) is 22.3 Å². The number of anilines is 1. The first kappa shape index (κ1) is 25.3. The van der Waals surface area contributed by atoms with E-state index in [2.05, 4.69) is 26.0 Å². The fraction of sp³-hybridized carbons (Fsp3) is 0.154. The Bertz CT molecular complexity index is 1190. The van der Waals surface area contributed by atoms with Gasteiger partial charge in [-0.3, -0.25) is 4.79 Å². The Morgan fingerprint density at radius 3 is 2.47 bits per heavy atom. The Labute approximate surface area is 211 Å². The van der Waals surface area contributed by atoms with E-state index in [1.165, 1.54) is 13.2 Å². The zero-order chi connectivity index (χ0) is 24.5.